The summed E-state index contributed by atoms with van der Waals surface area (Å²) in [5, 5.41) is 2.75. The lowest BCUT2D eigenvalue weighted by Crippen LogP contribution is -2.39. The van der Waals surface area contributed by atoms with Gasteiger partial charge in [0.05, 0.1) is 13.2 Å². The molecule has 0 radical (unpaired) electrons. The van der Waals surface area contributed by atoms with Crippen molar-refractivity contribution < 1.29 is 14.3 Å². The second-order valence-corrected chi connectivity index (χ2v) is 7.35. The first kappa shape index (κ1) is 21.6. The summed E-state index contributed by atoms with van der Waals surface area (Å²) in [6, 6.07) is 3.96. The zero-order valence-corrected chi connectivity index (χ0v) is 17.7. The Morgan fingerprint density at radius 1 is 1.23 bits per heavy atom. The minimum Gasteiger partial charge on any atom is -0.476 e. The van der Waals surface area contributed by atoms with Crippen LogP contribution in [-0.4, -0.2) is 66.2 Å². The molecule has 0 aliphatic carbocycles. The summed E-state index contributed by atoms with van der Waals surface area (Å²) >= 11 is 0. The third-order valence-electron chi connectivity index (χ3n) is 4.48. The largest absolute Gasteiger partial charge is 0.476 e. The number of nitrogens with zero attached hydrogens (tertiary/aromatic N) is 5. The summed E-state index contributed by atoms with van der Waals surface area (Å²) in [4.78, 5) is 29.0. The monoisotopic (exact) mass is 415 g/mol. The molecule has 0 saturated carbocycles. The van der Waals surface area contributed by atoms with Gasteiger partial charge in [-0.1, -0.05) is 19.4 Å². The summed E-state index contributed by atoms with van der Waals surface area (Å²) in [5.41, 5.74) is 7.37. The van der Waals surface area contributed by atoms with E-state index in [0.29, 0.717) is 37.1 Å². The number of rotatable bonds is 10. The van der Waals surface area contributed by atoms with Crippen LogP contribution in [0, 0.1) is 0 Å². The molecule has 0 bridgehead atoms. The van der Waals surface area contributed by atoms with Crippen LogP contribution in [0.3, 0.4) is 0 Å². The number of pyridine rings is 1. The number of fused-ring (bicyclic) bond motifs is 1. The zero-order valence-electron chi connectivity index (χ0n) is 17.7. The Kier molecular flexibility index (Phi) is 7.23. The molecule has 30 heavy (non-hydrogen) atoms. The number of amides is 1. The summed E-state index contributed by atoms with van der Waals surface area (Å²) in [6.07, 6.45) is 3.64. The summed E-state index contributed by atoms with van der Waals surface area (Å²) in [6.45, 7) is 4.56. The van der Waals surface area contributed by atoms with Crippen LogP contribution in [0.25, 0.3) is 0 Å². The number of ether oxygens (including phenoxy) is 2. The number of aromatic nitrogens is 3. The van der Waals surface area contributed by atoms with Gasteiger partial charge in [-0.2, -0.15) is 9.97 Å². The highest BCUT2D eigenvalue weighted by atomic mass is 16.5. The Labute approximate surface area is 176 Å². The lowest BCUT2D eigenvalue weighted by atomic mass is 10.2. The van der Waals surface area contributed by atoms with E-state index in [1.165, 1.54) is 0 Å². The third kappa shape index (κ3) is 5.69. The lowest BCUT2D eigenvalue weighted by molar-refractivity contribution is -0.115. The lowest BCUT2D eigenvalue weighted by Gasteiger charge is -2.30. The van der Waals surface area contributed by atoms with E-state index >= 15 is 0 Å². The number of carbonyl (C=O) groups excluding carboxylic acids is 1. The maximum absolute atomic E-state index is 12.2. The van der Waals surface area contributed by atoms with Crippen LogP contribution in [0.15, 0.2) is 18.3 Å². The first-order chi connectivity index (χ1) is 14.5. The van der Waals surface area contributed by atoms with Crippen LogP contribution < -0.4 is 25.4 Å². The number of nitrogen functional groups attached to an aromatic ring is 1. The number of unbranched alkanes of at least 4 members (excludes halogenated alkanes) is 1. The Hall–Kier alpha value is -3.14. The second kappa shape index (κ2) is 10.1. The molecule has 0 fully saturated rings. The van der Waals surface area contributed by atoms with Crippen molar-refractivity contribution in [2.45, 2.75) is 26.3 Å². The van der Waals surface area contributed by atoms with Crippen molar-refractivity contribution in [1.29, 1.82) is 0 Å². The molecular formula is C20H29N7O3. The molecule has 1 aliphatic heterocycles. The topological polar surface area (TPSA) is 119 Å². The Morgan fingerprint density at radius 2 is 2.07 bits per heavy atom. The molecule has 10 heteroatoms. The van der Waals surface area contributed by atoms with Gasteiger partial charge in [-0.15, -0.1) is 0 Å². The smallest absolute Gasteiger partial charge is 0.320 e. The fourth-order valence-corrected chi connectivity index (χ4v) is 2.87. The Bertz CT molecular complexity index is 858. The van der Waals surface area contributed by atoms with Gasteiger partial charge in [0.1, 0.15) is 12.3 Å². The summed E-state index contributed by atoms with van der Waals surface area (Å²) in [5.74, 6) is 1.12. The normalized spacial score (nSPS) is 13.2. The summed E-state index contributed by atoms with van der Waals surface area (Å²) < 4.78 is 11.2. The van der Waals surface area contributed by atoms with Gasteiger partial charge in [0.15, 0.2) is 11.6 Å². The van der Waals surface area contributed by atoms with Gasteiger partial charge < -0.3 is 30.3 Å². The highest BCUT2D eigenvalue weighted by Crippen LogP contribution is 2.34. The molecule has 1 amide bonds. The van der Waals surface area contributed by atoms with Crippen LogP contribution in [-0.2, 0) is 11.3 Å². The SMILES string of the molecule is CCCCOc1nc(N)c2c(n1)N(Cc1ccc(OCCN(C)C)nc1)CC(=O)N2. The molecule has 3 rings (SSSR count). The van der Waals surface area contributed by atoms with Crippen LogP contribution in [0.1, 0.15) is 25.3 Å². The van der Waals surface area contributed by atoms with Gasteiger partial charge in [-0.25, -0.2) is 4.98 Å². The molecule has 1 aliphatic rings. The van der Waals surface area contributed by atoms with Crippen molar-refractivity contribution in [2.75, 3.05) is 56.3 Å². The van der Waals surface area contributed by atoms with Crippen molar-refractivity contribution >= 4 is 23.2 Å². The van der Waals surface area contributed by atoms with Crippen LogP contribution >= 0.6 is 0 Å². The van der Waals surface area contributed by atoms with E-state index in [4.69, 9.17) is 15.2 Å². The van der Waals surface area contributed by atoms with E-state index in [9.17, 15) is 4.79 Å². The van der Waals surface area contributed by atoms with Crippen LogP contribution in [0.4, 0.5) is 17.3 Å². The quantitative estimate of drug-likeness (QED) is 0.557. The number of anilines is 3. The van der Waals surface area contributed by atoms with Crippen molar-refractivity contribution in [3.05, 3.63) is 23.9 Å². The molecule has 162 valence electrons. The summed E-state index contributed by atoms with van der Waals surface area (Å²) in [7, 11) is 3.98. The van der Waals surface area contributed by atoms with Gasteiger partial charge in [-0.05, 0) is 26.1 Å². The maximum Gasteiger partial charge on any atom is 0.320 e. The van der Waals surface area contributed by atoms with Crippen LogP contribution in [0.5, 0.6) is 11.9 Å². The average molecular weight is 415 g/mol. The number of likely N-dealkylation sites (N-methyl/N-ethyl adjacent to an activating group) is 1. The molecule has 2 aromatic rings. The number of hydrogen-bond donors (Lipinski definition) is 2. The molecule has 0 atom stereocenters. The highest BCUT2D eigenvalue weighted by Gasteiger charge is 2.27. The number of nitrogens with two attached hydrogens (primary N) is 1. The van der Waals surface area contributed by atoms with Crippen molar-refractivity contribution in [1.82, 2.24) is 19.9 Å². The molecule has 10 nitrogen and oxygen atoms in total. The van der Waals surface area contributed by atoms with E-state index in [1.54, 1.807) is 6.20 Å². The predicted octanol–water partition coefficient (Wildman–Crippen LogP) is 1.53. The molecular weight excluding hydrogens is 386 g/mol. The van der Waals surface area contributed by atoms with E-state index in [2.05, 4.69) is 27.2 Å². The number of carbonyl (C=O) groups is 1. The van der Waals surface area contributed by atoms with Gasteiger partial charge in [0.25, 0.3) is 0 Å². The number of nitrogens with one attached hydrogen (secondary N) is 1. The van der Waals surface area contributed by atoms with E-state index in [1.807, 2.05) is 36.0 Å². The number of hydrogen-bond acceptors (Lipinski definition) is 9. The molecule has 0 saturated heterocycles. The molecule has 2 aromatic heterocycles. The fraction of sp³-hybridized carbons (Fsp3) is 0.500. The minimum absolute atomic E-state index is 0.152. The molecule has 0 aromatic carbocycles. The van der Waals surface area contributed by atoms with Crippen molar-refractivity contribution in [3.8, 4) is 11.9 Å². The van der Waals surface area contributed by atoms with Gasteiger partial charge >= 0.3 is 6.01 Å². The Morgan fingerprint density at radius 3 is 2.77 bits per heavy atom. The van der Waals surface area contributed by atoms with E-state index in [-0.39, 0.29) is 24.3 Å². The van der Waals surface area contributed by atoms with Crippen LogP contribution in [0.2, 0.25) is 0 Å². The molecule has 0 spiro atoms. The molecule has 3 heterocycles. The van der Waals surface area contributed by atoms with Crippen molar-refractivity contribution in [3.63, 3.8) is 0 Å². The minimum atomic E-state index is -0.172. The third-order valence-corrected chi connectivity index (χ3v) is 4.48. The van der Waals surface area contributed by atoms with Gasteiger partial charge in [-0.3, -0.25) is 4.79 Å². The molecule has 0 unspecified atom stereocenters. The second-order valence-electron chi connectivity index (χ2n) is 7.35. The fourth-order valence-electron chi connectivity index (χ4n) is 2.87. The highest BCUT2D eigenvalue weighted by molar-refractivity contribution is 6.03. The van der Waals surface area contributed by atoms with E-state index in [0.717, 1.165) is 24.9 Å². The first-order valence-corrected chi connectivity index (χ1v) is 10.0. The van der Waals surface area contributed by atoms with Gasteiger partial charge in [0, 0.05) is 25.4 Å². The standard InChI is InChI=1S/C20H29N7O3/c1-4-5-9-30-20-24-18(21)17-19(25-20)27(13-15(28)23-17)12-14-6-7-16(22-11-14)29-10-8-26(2)3/h6-7,11H,4-5,8-10,12-13H2,1-3H3,(H,23,28)(H2,21,24,25). The predicted molar refractivity (Wildman–Crippen MR) is 115 cm³/mol. The molecule has 3 N–H and O–H groups in total. The first-order valence-electron chi connectivity index (χ1n) is 10.0. The van der Waals surface area contributed by atoms with Crippen molar-refractivity contribution in [2.24, 2.45) is 0 Å². The van der Waals surface area contributed by atoms with E-state index < -0.39 is 0 Å². The average Bonchev–Trinajstić information content (AvgIpc) is 2.70. The zero-order chi connectivity index (χ0) is 21.5. The maximum atomic E-state index is 12.2. The van der Waals surface area contributed by atoms with Gasteiger partial charge in [0.2, 0.25) is 11.8 Å². The Balaban J connectivity index is 1.73.